The number of nitrogens with two attached hydrogens (primary N) is 1. The Morgan fingerprint density at radius 2 is 1.97 bits per heavy atom. The molecule has 1 atom stereocenters. The number of carbonyl (C=O) groups is 1. The fraction of sp³-hybridized carbons (Fsp3) is 0.333. The third-order valence-corrected chi connectivity index (χ3v) is 5.87. The number of halogens is 2. The minimum absolute atomic E-state index is 0.0272. The van der Waals surface area contributed by atoms with Crippen molar-refractivity contribution in [1.29, 1.82) is 0 Å². The third kappa shape index (κ3) is 5.26. The number of benzene rings is 2. The fourth-order valence-electron chi connectivity index (χ4n) is 3.47. The van der Waals surface area contributed by atoms with E-state index in [2.05, 4.69) is 10.3 Å². The zero-order valence-corrected chi connectivity index (χ0v) is 18.0. The Morgan fingerprint density at radius 3 is 2.61 bits per heavy atom. The van der Waals surface area contributed by atoms with E-state index in [1.165, 1.54) is 18.2 Å². The minimum Gasteiger partial charge on any atom is -0.349 e. The molecule has 10 heteroatoms. The fourth-order valence-corrected chi connectivity index (χ4v) is 4.00. The molecule has 3 rings (SSSR count). The molecule has 0 aliphatic carbocycles. The first-order valence-electron chi connectivity index (χ1n) is 9.86. The molecule has 0 saturated heterocycles. The monoisotopic (exact) mass is 450 g/mol. The van der Waals surface area contributed by atoms with E-state index >= 15 is 0 Å². The highest BCUT2D eigenvalue weighted by atomic mass is 32.2. The molecule has 1 aromatic heterocycles. The second-order valence-corrected chi connectivity index (χ2v) is 8.89. The highest BCUT2D eigenvalue weighted by molar-refractivity contribution is 7.89. The standard InChI is InChI=1S/C21H24F2N4O3S/c1-3-10-27-19-7-5-15(31(24,29)30)12-18(19)26-20(27)8-9-21(28)25-13(2)16-6-4-14(22)11-17(16)23/h4-7,11-13H,3,8-10H2,1-2H3,(H,25,28)(H2,24,29,30). The summed E-state index contributed by atoms with van der Waals surface area (Å²) in [4.78, 5) is 16.9. The molecule has 31 heavy (non-hydrogen) atoms. The smallest absolute Gasteiger partial charge is 0.238 e. The average molecular weight is 451 g/mol. The van der Waals surface area contributed by atoms with Crippen molar-refractivity contribution in [3.8, 4) is 0 Å². The van der Waals surface area contributed by atoms with Crippen LogP contribution in [0.25, 0.3) is 11.0 Å². The average Bonchev–Trinajstić information content (AvgIpc) is 3.02. The lowest BCUT2D eigenvalue weighted by Crippen LogP contribution is -2.27. The summed E-state index contributed by atoms with van der Waals surface area (Å²) >= 11 is 0. The Bertz CT molecular complexity index is 1220. The summed E-state index contributed by atoms with van der Waals surface area (Å²) in [6, 6.07) is 7.10. The maximum Gasteiger partial charge on any atom is 0.238 e. The van der Waals surface area contributed by atoms with Crippen molar-refractivity contribution in [2.24, 2.45) is 5.14 Å². The van der Waals surface area contributed by atoms with Gasteiger partial charge >= 0.3 is 0 Å². The summed E-state index contributed by atoms with van der Waals surface area (Å²) in [5.41, 5.74) is 1.44. The first kappa shape index (κ1) is 22.8. The molecule has 0 radical (unpaired) electrons. The Balaban J connectivity index is 1.76. The normalized spacial score (nSPS) is 12.8. The second-order valence-electron chi connectivity index (χ2n) is 7.33. The Morgan fingerprint density at radius 1 is 1.23 bits per heavy atom. The Kier molecular flexibility index (Phi) is 6.71. The lowest BCUT2D eigenvalue weighted by Gasteiger charge is -2.15. The molecule has 3 aromatic rings. The Labute approximate surface area is 179 Å². The minimum atomic E-state index is -3.85. The summed E-state index contributed by atoms with van der Waals surface area (Å²) in [5.74, 6) is -1.07. The van der Waals surface area contributed by atoms with Gasteiger partial charge in [0.05, 0.1) is 22.0 Å². The van der Waals surface area contributed by atoms with Crippen LogP contribution in [0, 0.1) is 11.6 Å². The van der Waals surface area contributed by atoms with Gasteiger partial charge in [0.2, 0.25) is 15.9 Å². The number of carbonyl (C=O) groups excluding carboxylic acids is 1. The highest BCUT2D eigenvalue weighted by Crippen LogP contribution is 2.22. The van der Waals surface area contributed by atoms with Gasteiger partial charge in [0.25, 0.3) is 0 Å². The topological polar surface area (TPSA) is 107 Å². The third-order valence-electron chi connectivity index (χ3n) is 4.96. The number of amides is 1. The summed E-state index contributed by atoms with van der Waals surface area (Å²) in [5, 5.41) is 7.91. The van der Waals surface area contributed by atoms with Crippen molar-refractivity contribution in [3.05, 3.63) is 59.4 Å². The lowest BCUT2D eigenvalue weighted by molar-refractivity contribution is -0.121. The van der Waals surface area contributed by atoms with Gasteiger partial charge in [-0.25, -0.2) is 27.3 Å². The van der Waals surface area contributed by atoms with Gasteiger partial charge in [-0.3, -0.25) is 4.79 Å². The van der Waals surface area contributed by atoms with Crippen LogP contribution in [0.15, 0.2) is 41.3 Å². The molecule has 1 heterocycles. The van der Waals surface area contributed by atoms with Crippen molar-refractivity contribution in [2.75, 3.05) is 0 Å². The number of nitrogens with zero attached hydrogens (tertiary/aromatic N) is 2. The highest BCUT2D eigenvalue weighted by Gasteiger charge is 2.17. The number of nitrogens with one attached hydrogen (secondary N) is 1. The van der Waals surface area contributed by atoms with Crippen LogP contribution in [0.5, 0.6) is 0 Å². The van der Waals surface area contributed by atoms with E-state index < -0.39 is 27.7 Å². The first-order chi connectivity index (χ1) is 14.6. The molecule has 2 aromatic carbocycles. The number of hydrogen-bond acceptors (Lipinski definition) is 4. The van der Waals surface area contributed by atoms with E-state index in [-0.39, 0.29) is 22.8 Å². The van der Waals surface area contributed by atoms with E-state index in [4.69, 9.17) is 5.14 Å². The van der Waals surface area contributed by atoms with Crippen molar-refractivity contribution in [1.82, 2.24) is 14.9 Å². The summed E-state index contributed by atoms with van der Waals surface area (Å²) in [6.45, 7) is 4.27. The van der Waals surface area contributed by atoms with Crippen molar-refractivity contribution < 1.29 is 22.0 Å². The number of primary sulfonamides is 1. The SMILES string of the molecule is CCCn1c(CCC(=O)NC(C)c2ccc(F)cc2F)nc2cc(S(N)(=O)=O)ccc21. The van der Waals surface area contributed by atoms with Crippen LogP contribution in [0.2, 0.25) is 0 Å². The van der Waals surface area contributed by atoms with Crippen LogP contribution < -0.4 is 10.5 Å². The first-order valence-corrected chi connectivity index (χ1v) is 11.4. The molecule has 3 N–H and O–H groups in total. The van der Waals surface area contributed by atoms with E-state index in [0.717, 1.165) is 24.1 Å². The molecule has 0 bridgehead atoms. The molecule has 0 saturated carbocycles. The van der Waals surface area contributed by atoms with Crippen LogP contribution in [-0.4, -0.2) is 23.9 Å². The molecular weight excluding hydrogens is 426 g/mol. The van der Waals surface area contributed by atoms with Gasteiger partial charge in [0.15, 0.2) is 0 Å². The van der Waals surface area contributed by atoms with Gasteiger partial charge in [-0.1, -0.05) is 13.0 Å². The molecular formula is C21H24F2N4O3S. The number of imidazole rings is 1. The second kappa shape index (κ2) is 9.11. The van der Waals surface area contributed by atoms with Gasteiger partial charge in [-0.2, -0.15) is 0 Å². The number of rotatable bonds is 8. The molecule has 7 nitrogen and oxygen atoms in total. The number of sulfonamides is 1. The van der Waals surface area contributed by atoms with Crippen LogP contribution >= 0.6 is 0 Å². The molecule has 0 spiro atoms. The zero-order valence-electron chi connectivity index (χ0n) is 17.2. The van der Waals surface area contributed by atoms with Crippen LogP contribution in [0.3, 0.4) is 0 Å². The van der Waals surface area contributed by atoms with Crippen molar-refractivity contribution >= 4 is 27.0 Å². The number of hydrogen-bond donors (Lipinski definition) is 2. The number of fused-ring (bicyclic) bond motifs is 1. The largest absolute Gasteiger partial charge is 0.349 e. The lowest BCUT2D eigenvalue weighted by atomic mass is 10.1. The predicted molar refractivity (Wildman–Crippen MR) is 113 cm³/mol. The van der Waals surface area contributed by atoms with Gasteiger partial charge in [0.1, 0.15) is 17.5 Å². The summed E-state index contributed by atoms with van der Waals surface area (Å²) in [7, 11) is -3.85. The van der Waals surface area contributed by atoms with Crippen LogP contribution in [-0.2, 0) is 27.8 Å². The predicted octanol–water partition coefficient (Wildman–Crippen LogP) is 3.18. The molecule has 166 valence electrons. The summed E-state index contributed by atoms with van der Waals surface area (Å²) in [6.07, 6.45) is 1.23. The van der Waals surface area contributed by atoms with E-state index in [9.17, 15) is 22.0 Å². The maximum atomic E-state index is 13.9. The quantitative estimate of drug-likeness (QED) is 0.550. The number of aromatic nitrogens is 2. The molecule has 0 aliphatic rings. The van der Waals surface area contributed by atoms with Gasteiger partial charge in [-0.15, -0.1) is 0 Å². The molecule has 0 aliphatic heterocycles. The molecule has 1 amide bonds. The van der Waals surface area contributed by atoms with E-state index in [1.807, 2.05) is 11.5 Å². The van der Waals surface area contributed by atoms with Crippen LogP contribution in [0.1, 0.15) is 44.1 Å². The van der Waals surface area contributed by atoms with Gasteiger partial charge < -0.3 is 9.88 Å². The van der Waals surface area contributed by atoms with Crippen molar-refractivity contribution in [3.63, 3.8) is 0 Å². The Hall–Kier alpha value is -2.85. The van der Waals surface area contributed by atoms with Gasteiger partial charge in [0, 0.05) is 31.0 Å². The zero-order chi connectivity index (χ0) is 22.8. The molecule has 0 fully saturated rings. The van der Waals surface area contributed by atoms with Gasteiger partial charge in [-0.05, 0) is 37.6 Å². The summed E-state index contributed by atoms with van der Waals surface area (Å²) < 4.78 is 52.2. The number of aryl methyl sites for hydroxylation is 2. The molecule has 1 unspecified atom stereocenters. The van der Waals surface area contributed by atoms with Crippen molar-refractivity contribution in [2.45, 2.75) is 50.6 Å². The van der Waals surface area contributed by atoms with Crippen LogP contribution in [0.4, 0.5) is 8.78 Å². The van der Waals surface area contributed by atoms with E-state index in [1.54, 1.807) is 13.0 Å². The maximum absolute atomic E-state index is 13.9. The van der Waals surface area contributed by atoms with E-state index in [0.29, 0.717) is 24.3 Å².